The van der Waals surface area contributed by atoms with Gasteiger partial charge in [-0.25, -0.2) is 0 Å². The molecular formula is C25H33ClN2O3. The molecular weight excluding hydrogens is 412 g/mol. The summed E-state index contributed by atoms with van der Waals surface area (Å²) in [5.74, 6) is 0.226. The van der Waals surface area contributed by atoms with Crippen molar-refractivity contribution in [2.75, 3.05) is 13.2 Å². The lowest BCUT2D eigenvalue weighted by molar-refractivity contribution is -0.143. The van der Waals surface area contributed by atoms with Crippen molar-refractivity contribution in [3.05, 3.63) is 63.7 Å². The van der Waals surface area contributed by atoms with E-state index >= 15 is 0 Å². The first-order valence-electron chi connectivity index (χ1n) is 10.8. The molecule has 2 aromatic carbocycles. The van der Waals surface area contributed by atoms with Gasteiger partial charge in [-0.3, -0.25) is 9.59 Å². The number of amides is 2. The number of benzene rings is 2. The summed E-state index contributed by atoms with van der Waals surface area (Å²) in [5, 5.41) is 3.62. The number of hydrogen-bond donors (Lipinski definition) is 1. The normalized spacial score (nSPS) is 11.7. The summed E-state index contributed by atoms with van der Waals surface area (Å²) in [6.45, 7) is 10.5. The highest BCUT2D eigenvalue weighted by Crippen LogP contribution is 2.26. The number of hydrogen-bond acceptors (Lipinski definition) is 3. The molecule has 0 heterocycles. The fourth-order valence-electron chi connectivity index (χ4n) is 3.47. The Bertz CT molecular complexity index is 890. The van der Waals surface area contributed by atoms with Crippen LogP contribution >= 0.6 is 11.6 Å². The minimum Gasteiger partial charge on any atom is -0.484 e. The van der Waals surface area contributed by atoms with Gasteiger partial charge in [0.1, 0.15) is 11.8 Å². The molecule has 0 spiro atoms. The molecule has 2 aromatic rings. The largest absolute Gasteiger partial charge is 0.484 e. The molecule has 168 valence electrons. The smallest absolute Gasteiger partial charge is 0.261 e. The number of halogens is 1. The van der Waals surface area contributed by atoms with Crippen LogP contribution in [-0.4, -0.2) is 35.9 Å². The molecule has 0 aliphatic carbocycles. The van der Waals surface area contributed by atoms with Crippen LogP contribution < -0.4 is 10.1 Å². The van der Waals surface area contributed by atoms with E-state index in [1.54, 1.807) is 4.90 Å². The van der Waals surface area contributed by atoms with E-state index in [1.165, 1.54) is 0 Å². The van der Waals surface area contributed by atoms with E-state index in [0.29, 0.717) is 30.3 Å². The van der Waals surface area contributed by atoms with Gasteiger partial charge < -0.3 is 15.0 Å². The van der Waals surface area contributed by atoms with Gasteiger partial charge in [-0.2, -0.15) is 0 Å². The van der Waals surface area contributed by atoms with Gasteiger partial charge in [-0.15, -0.1) is 0 Å². The molecule has 0 aromatic heterocycles. The highest BCUT2D eigenvalue weighted by Gasteiger charge is 2.29. The SMILES string of the molecule is CCCNC(=O)C(CC)N(Cc1ccccc1C)C(=O)COc1cc(C)c(Cl)c(C)c1. The zero-order valence-corrected chi connectivity index (χ0v) is 19.9. The monoisotopic (exact) mass is 444 g/mol. The molecule has 6 heteroatoms. The van der Waals surface area contributed by atoms with Gasteiger partial charge in [0.15, 0.2) is 6.61 Å². The van der Waals surface area contributed by atoms with Crippen molar-refractivity contribution in [3.63, 3.8) is 0 Å². The molecule has 5 nitrogen and oxygen atoms in total. The standard InChI is InChI=1S/C25H33ClN2O3/c1-6-12-27-25(30)22(7-2)28(15-20-11-9-8-10-17(20)3)23(29)16-31-21-13-18(4)24(26)19(5)14-21/h8-11,13-14,22H,6-7,12,15-16H2,1-5H3,(H,27,30). The first-order chi connectivity index (χ1) is 14.8. The van der Waals surface area contributed by atoms with Crippen molar-refractivity contribution >= 4 is 23.4 Å². The van der Waals surface area contributed by atoms with Gasteiger partial charge in [0.25, 0.3) is 5.91 Å². The Hall–Kier alpha value is -2.53. The molecule has 2 rings (SSSR count). The quantitative estimate of drug-likeness (QED) is 0.562. The van der Waals surface area contributed by atoms with Crippen molar-refractivity contribution in [2.24, 2.45) is 0 Å². The lowest BCUT2D eigenvalue weighted by Gasteiger charge is -2.31. The van der Waals surface area contributed by atoms with Gasteiger partial charge in [0.05, 0.1) is 0 Å². The first-order valence-corrected chi connectivity index (χ1v) is 11.2. The zero-order chi connectivity index (χ0) is 23.0. The van der Waals surface area contributed by atoms with E-state index in [4.69, 9.17) is 16.3 Å². The third-order valence-electron chi connectivity index (χ3n) is 5.31. The van der Waals surface area contributed by atoms with Crippen molar-refractivity contribution in [2.45, 2.75) is 60.0 Å². The van der Waals surface area contributed by atoms with Crippen LogP contribution in [0.2, 0.25) is 5.02 Å². The fraction of sp³-hybridized carbons (Fsp3) is 0.440. The number of carbonyl (C=O) groups excluding carboxylic acids is 2. The van der Waals surface area contributed by atoms with Crippen LogP contribution in [0.25, 0.3) is 0 Å². The van der Waals surface area contributed by atoms with Crippen LogP contribution in [0.3, 0.4) is 0 Å². The number of nitrogens with one attached hydrogen (secondary N) is 1. The van der Waals surface area contributed by atoms with Crippen molar-refractivity contribution in [3.8, 4) is 5.75 Å². The molecule has 1 unspecified atom stereocenters. The maximum absolute atomic E-state index is 13.2. The van der Waals surface area contributed by atoms with E-state index in [-0.39, 0.29) is 18.4 Å². The van der Waals surface area contributed by atoms with Crippen LogP contribution in [0.4, 0.5) is 0 Å². The van der Waals surface area contributed by atoms with Crippen LogP contribution in [-0.2, 0) is 16.1 Å². The van der Waals surface area contributed by atoms with Gasteiger partial charge in [0.2, 0.25) is 5.91 Å². The number of aryl methyl sites for hydroxylation is 3. The number of rotatable bonds is 10. The molecule has 1 N–H and O–H groups in total. The van der Waals surface area contributed by atoms with E-state index in [1.807, 2.05) is 71.0 Å². The molecule has 0 saturated heterocycles. The highest BCUT2D eigenvalue weighted by molar-refractivity contribution is 6.32. The summed E-state index contributed by atoms with van der Waals surface area (Å²) in [4.78, 5) is 27.7. The second-order valence-corrected chi connectivity index (χ2v) is 8.20. The van der Waals surface area contributed by atoms with Gasteiger partial charge in [-0.05, 0) is 68.0 Å². The summed E-state index contributed by atoms with van der Waals surface area (Å²) in [7, 11) is 0. The third-order valence-corrected chi connectivity index (χ3v) is 5.91. The van der Waals surface area contributed by atoms with Gasteiger partial charge >= 0.3 is 0 Å². The molecule has 1 atom stereocenters. The number of carbonyl (C=O) groups is 2. The predicted octanol–water partition coefficient (Wildman–Crippen LogP) is 4.98. The van der Waals surface area contributed by atoms with Crippen LogP contribution in [0.15, 0.2) is 36.4 Å². The Morgan fingerprint density at radius 3 is 2.29 bits per heavy atom. The minimum absolute atomic E-state index is 0.135. The van der Waals surface area contributed by atoms with Crippen LogP contribution in [0, 0.1) is 20.8 Å². The molecule has 0 bridgehead atoms. The lowest BCUT2D eigenvalue weighted by Crippen LogP contribution is -2.50. The molecule has 0 aliphatic heterocycles. The maximum Gasteiger partial charge on any atom is 0.261 e. The van der Waals surface area contributed by atoms with E-state index in [9.17, 15) is 9.59 Å². The van der Waals surface area contributed by atoms with E-state index in [2.05, 4.69) is 5.32 Å². The zero-order valence-electron chi connectivity index (χ0n) is 19.1. The molecule has 0 saturated carbocycles. The van der Waals surface area contributed by atoms with Gasteiger partial charge in [0, 0.05) is 18.1 Å². The summed E-state index contributed by atoms with van der Waals surface area (Å²) in [6.07, 6.45) is 1.36. The Morgan fingerprint density at radius 2 is 1.71 bits per heavy atom. The molecule has 0 fully saturated rings. The Morgan fingerprint density at radius 1 is 1.06 bits per heavy atom. The average molecular weight is 445 g/mol. The second-order valence-electron chi connectivity index (χ2n) is 7.82. The Labute approximate surface area is 190 Å². The van der Waals surface area contributed by atoms with Crippen LogP contribution in [0.5, 0.6) is 5.75 Å². The second kappa shape index (κ2) is 11.8. The number of nitrogens with zero attached hydrogens (tertiary/aromatic N) is 1. The first kappa shape index (κ1) is 24.7. The minimum atomic E-state index is -0.559. The average Bonchev–Trinajstić information content (AvgIpc) is 2.75. The topological polar surface area (TPSA) is 58.6 Å². The predicted molar refractivity (Wildman–Crippen MR) is 126 cm³/mol. The third kappa shape index (κ3) is 6.73. The fourth-order valence-corrected chi connectivity index (χ4v) is 3.58. The van der Waals surface area contributed by atoms with E-state index in [0.717, 1.165) is 28.7 Å². The Kier molecular flexibility index (Phi) is 9.38. The summed E-state index contributed by atoms with van der Waals surface area (Å²) in [5.41, 5.74) is 3.88. The van der Waals surface area contributed by atoms with Gasteiger partial charge in [-0.1, -0.05) is 49.7 Å². The summed E-state index contributed by atoms with van der Waals surface area (Å²) < 4.78 is 5.81. The molecule has 0 radical (unpaired) electrons. The Balaban J connectivity index is 2.24. The highest BCUT2D eigenvalue weighted by atomic mass is 35.5. The molecule has 2 amide bonds. The molecule has 31 heavy (non-hydrogen) atoms. The van der Waals surface area contributed by atoms with Crippen molar-refractivity contribution < 1.29 is 14.3 Å². The lowest BCUT2D eigenvalue weighted by atomic mass is 10.1. The summed E-state index contributed by atoms with van der Waals surface area (Å²) >= 11 is 6.23. The van der Waals surface area contributed by atoms with Crippen molar-refractivity contribution in [1.82, 2.24) is 10.2 Å². The van der Waals surface area contributed by atoms with E-state index < -0.39 is 6.04 Å². The maximum atomic E-state index is 13.2. The number of ether oxygens (including phenoxy) is 1. The molecule has 0 aliphatic rings. The summed E-state index contributed by atoms with van der Waals surface area (Å²) in [6, 6.07) is 11.0. The van der Waals surface area contributed by atoms with Crippen molar-refractivity contribution in [1.29, 1.82) is 0 Å². The van der Waals surface area contributed by atoms with Crippen LogP contribution in [0.1, 0.15) is 48.9 Å².